The molecule has 1 spiro atoms. The monoisotopic (exact) mass is 441 g/mol. The highest BCUT2D eigenvalue weighted by atomic mass is 16.5. The van der Waals surface area contributed by atoms with Crippen molar-refractivity contribution in [2.24, 2.45) is 0 Å². The minimum Gasteiger partial charge on any atom is -0.497 e. The Balaban J connectivity index is 1.21. The molecule has 0 aliphatic carbocycles. The Hall–Kier alpha value is -2.48. The summed E-state index contributed by atoms with van der Waals surface area (Å²) in [6.45, 7) is 3.44. The maximum absolute atomic E-state index is 10.8. The number of ether oxygens (including phenoxy) is 4. The van der Waals surface area contributed by atoms with Gasteiger partial charge in [-0.2, -0.15) is 0 Å². The molecule has 7 nitrogen and oxygen atoms in total. The van der Waals surface area contributed by atoms with Gasteiger partial charge in [0.25, 0.3) is 0 Å². The van der Waals surface area contributed by atoms with Gasteiger partial charge in [0, 0.05) is 38.0 Å². The zero-order chi connectivity index (χ0) is 22.1. The molecule has 0 amide bonds. The van der Waals surface area contributed by atoms with Crippen LogP contribution in [0.2, 0.25) is 0 Å². The summed E-state index contributed by atoms with van der Waals surface area (Å²) >= 11 is 0. The fourth-order valence-electron chi connectivity index (χ4n) is 4.93. The molecule has 2 atom stereocenters. The number of benzene rings is 2. The number of aliphatic hydroxyl groups is 2. The van der Waals surface area contributed by atoms with Crippen molar-refractivity contribution in [3.8, 4) is 23.0 Å². The molecule has 2 N–H and O–H groups in total. The second-order valence-electron chi connectivity index (χ2n) is 8.98. The lowest BCUT2D eigenvalue weighted by Crippen LogP contribution is -2.51. The molecule has 0 bridgehead atoms. The Kier molecular flexibility index (Phi) is 5.88. The normalized spacial score (nSPS) is 23.0. The van der Waals surface area contributed by atoms with Crippen LogP contribution in [0.4, 0.5) is 0 Å². The Morgan fingerprint density at radius 2 is 1.81 bits per heavy atom. The van der Waals surface area contributed by atoms with Crippen molar-refractivity contribution in [3.05, 3.63) is 47.5 Å². The van der Waals surface area contributed by atoms with Crippen molar-refractivity contribution in [1.29, 1.82) is 0 Å². The SMILES string of the molecule is COc1ccc2c(c1)[C@@H](O)CC1(CCN(C[C@H](O)c3ccc4c(c3)OCCCO4)CC1)O2. The number of aliphatic hydroxyl groups excluding tert-OH is 2. The van der Waals surface area contributed by atoms with Gasteiger partial charge in [-0.25, -0.2) is 0 Å². The summed E-state index contributed by atoms with van der Waals surface area (Å²) in [7, 11) is 1.62. The first-order chi connectivity index (χ1) is 15.5. The molecule has 2 aromatic carbocycles. The van der Waals surface area contributed by atoms with Crippen molar-refractivity contribution >= 4 is 0 Å². The van der Waals surface area contributed by atoms with Gasteiger partial charge in [-0.3, -0.25) is 0 Å². The highest BCUT2D eigenvalue weighted by Crippen LogP contribution is 2.45. The van der Waals surface area contributed by atoms with Crippen LogP contribution < -0.4 is 18.9 Å². The molecular weight excluding hydrogens is 410 g/mol. The zero-order valence-corrected chi connectivity index (χ0v) is 18.5. The molecule has 32 heavy (non-hydrogen) atoms. The zero-order valence-electron chi connectivity index (χ0n) is 18.5. The molecule has 3 heterocycles. The van der Waals surface area contributed by atoms with E-state index in [1.165, 1.54) is 0 Å². The van der Waals surface area contributed by atoms with Crippen LogP contribution >= 0.6 is 0 Å². The van der Waals surface area contributed by atoms with Gasteiger partial charge in [-0.05, 0) is 48.7 Å². The van der Waals surface area contributed by atoms with Crippen LogP contribution in [0, 0.1) is 0 Å². The van der Waals surface area contributed by atoms with E-state index in [1.807, 2.05) is 36.4 Å². The van der Waals surface area contributed by atoms with Crippen molar-refractivity contribution in [3.63, 3.8) is 0 Å². The summed E-state index contributed by atoms with van der Waals surface area (Å²) in [6.07, 6.45) is 1.88. The molecule has 0 aromatic heterocycles. The summed E-state index contributed by atoms with van der Waals surface area (Å²) in [5.74, 6) is 2.91. The number of β-amino-alcohol motifs (C(OH)–C–C–N with tert-alkyl or cyclic N) is 1. The standard InChI is InChI=1S/C25H31NO6/c1-29-18-4-6-22-19(14-18)20(27)15-25(32-22)7-9-26(10-8-25)16-21(28)17-3-5-23-24(13-17)31-12-2-11-30-23/h3-6,13-14,20-21,27-28H,2,7-12,15-16H2,1H3/t20-,21-/m0/s1. The number of likely N-dealkylation sites (tertiary alicyclic amines) is 1. The number of fused-ring (bicyclic) bond motifs is 2. The number of piperidine rings is 1. The average molecular weight is 442 g/mol. The summed E-state index contributed by atoms with van der Waals surface area (Å²) in [6, 6.07) is 11.3. The van der Waals surface area contributed by atoms with Crippen LogP contribution in [-0.2, 0) is 0 Å². The number of rotatable bonds is 4. The summed E-state index contributed by atoms with van der Waals surface area (Å²) < 4.78 is 23.1. The Morgan fingerprint density at radius 3 is 2.59 bits per heavy atom. The quantitative estimate of drug-likeness (QED) is 0.754. The van der Waals surface area contributed by atoms with Crippen LogP contribution in [0.25, 0.3) is 0 Å². The molecule has 1 fully saturated rings. The number of nitrogens with zero attached hydrogens (tertiary/aromatic N) is 1. The Labute approximate surface area is 188 Å². The maximum atomic E-state index is 10.8. The molecule has 5 rings (SSSR count). The van der Waals surface area contributed by atoms with E-state index in [-0.39, 0.29) is 5.60 Å². The van der Waals surface area contributed by atoms with E-state index in [4.69, 9.17) is 18.9 Å². The predicted molar refractivity (Wildman–Crippen MR) is 119 cm³/mol. The number of hydrogen-bond donors (Lipinski definition) is 2. The van der Waals surface area contributed by atoms with E-state index in [0.29, 0.717) is 31.9 Å². The second kappa shape index (κ2) is 8.81. The van der Waals surface area contributed by atoms with Gasteiger partial charge >= 0.3 is 0 Å². The average Bonchev–Trinajstić information content (AvgIpc) is 3.05. The Morgan fingerprint density at radius 1 is 1.06 bits per heavy atom. The molecule has 3 aliphatic heterocycles. The van der Waals surface area contributed by atoms with E-state index < -0.39 is 12.2 Å². The third-order valence-corrected chi connectivity index (χ3v) is 6.82. The fourth-order valence-corrected chi connectivity index (χ4v) is 4.93. The van der Waals surface area contributed by atoms with Crippen molar-refractivity contribution in [1.82, 2.24) is 4.90 Å². The second-order valence-corrected chi connectivity index (χ2v) is 8.98. The minimum absolute atomic E-state index is 0.363. The van der Waals surface area contributed by atoms with Gasteiger partial charge in [-0.15, -0.1) is 0 Å². The largest absolute Gasteiger partial charge is 0.497 e. The third kappa shape index (κ3) is 4.25. The van der Waals surface area contributed by atoms with Crippen LogP contribution in [0.5, 0.6) is 23.0 Å². The van der Waals surface area contributed by atoms with Gasteiger partial charge in [0.1, 0.15) is 17.1 Å². The molecule has 0 radical (unpaired) electrons. The first-order valence-electron chi connectivity index (χ1n) is 11.4. The molecular formula is C25H31NO6. The van der Waals surface area contributed by atoms with E-state index in [9.17, 15) is 10.2 Å². The van der Waals surface area contributed by atoms with E-state index in [2.05, 4.69) is 4.90 Å². The van der Waals surface area contributed by atoms with Gasteiger partial charge < -0.3 is 34.1 Å². The lowest BCUT2D eigenvalue weighted by molar-refractivity contribution is -0.0588. The molecule has 0 unspecified atom stereocenters. The van der Waals surface area contributed by atoms with Crippen LogP contribution in [0.15, 0.2) is 36.4 Å². The van der Waals surface area contributed by atoms with Crippen molar-refractivity contribution < 1.29 is 29.2 Å². The topological polar surface area (TPSA) is 80.6 Å². The van der Waals surface area contributed by atoms with Crippen LogP contribution in [0.1, 0.15) is 49.0 Å². The lowest BCUT2D eigenvalue weighted by Gasteiger charge is -2.46. The molecule has 2 aromatic rings. The number of hydrogen-bond acceptors (Lipinski definition) is 7. The first kappa shape index (κ1) is 21.4. The predicted octanol–water partition coefficient (Wildman–Crippen LogP) is 3.24. The van der Waals surface area contributed by atoms with Crippen LogP contribution in [-0.4, -0.2) is 60.7 Å². The summed E-state index contributed by atoms with van der Waals surface area (Å²) in [5.41, 5.74) is 1.27. The molecule has 3 aliphatic rings. The van der Waals surface area contributed by atoms with E-state index >= 15 is 0 Å². The fraction of sp³-hybridized carbons (Fsp3) is 0.520. The minimum atomic E-state index is -0.604. The maximum Gasteiger partial charge on any atom is 0.161 e. The Bertz CT molecular complexity index is 955. The highest BCUT2D eigenvalue weighted by molar-refractivity contribution is 5.45. The van der Waals surface area contributed by atoms with Crippen molar-refractivity contribution in [2.75, 3.05) is 40.0 Å². The molecule has 0 saturated carbocycles. The van der Waals surface area contributed by atoms with Gasteiger partial charge in [0.15, 0.2) is 11.5 Å². The number of methoxy groups -OCH3 is 1. The third-order valence-electron chi connectivity index (χ3n) is 6.82. The van der Waals surface area contributed by atoms with Gasteiger partial charge in [-0.1, -0.05) is 6.07 Å². The van der Waals surface area contributed by atoms with E-state index in [0.717, 1.165) is 60.7 Å². The molecule has 1 saturated heterocycles. The summed E-state index contributed by atoms with van der Waals surface area (Å²) in [4.78, 5) is 2.26. The highest BCUT2D eigenvalue weighted by Gasteiger charge is 2.43. The molecule has 172 valence electrons. The van der Waals surface area contributed by atoms with Gasteiger partial charge in [0.2, 0.25) is 0 Å². The van der Waals surface area contributed by atoms with Crippen molar-refractivity contribution in [2.45, 2.75) is 43.5 Å². The van der Waals surface area contributed by atoms with Gasteiger partial charge in [0.05, 0.1) is 32.5 Å². The van der Waals surface area contributed by atoms with E-state index in [1.54, 1.807) is 7.11 Å². The first-order valence-corrected chi connectivity index (χ1v) is 11.4. The molecule has 7 heteroatoms. The lowest BCUT2D eigenvalue weighted by atomic mass is 9.81. The van der Waals surface area contributed by atoms with Crippen LogP contribution in [0.3, 0.4) is 0 Å². The smallest absolute Gasteiger partial charge is 0.161 e. The summed E-state index contributed by atoms with van der Waals surface area (Å²) in [5, 5.41) is 21.6.